The maximum atomic E-state index is 13.5. The van der Waals surface area contributed by atoms with Crippen LogP contribution in [0, 0.1) is 5.82 Å². The number of benzene rings is 1. The Kier molecular flexibility index (Phi) is 8.96. The molecule has 0 aliphatic heterocycles. The maximum absolute atomic E-state index is 13.5. The molecule has 2 aromatic rings. The molecule has 0 aliphatic carbocycles. The van der Waals surface area contributed by atoms with Crippen molar-refractivity contribution >= 4 is 57.2 Å². The van der Waals surface area contributed by atoms with Crippen LogP contribution in [0.1, 0.15) is 10.4 Å². The van der Waals surface area contributed by atoms with Crippen LogP contribution in [0.15, 0.2) is 45.2 Å². The molecule has 2 rings (SSSR count). The van der Waals surface area contributed by atoms with Gasteiger partial charge in [0.2, 0.25) is 0 Å². The Labute approximate surface area is 159 Å². The third-order valence-electron chi connectivity index (χ3n) is 2.93. The van der Waals surface area contributed by atoms with Gasteiger partial charge in [0.15, 0.2) is 5.96 Å². The number of guanidine groups is 1. The van der Waals surface area contributed by atoms with Gasteiger partial charge < -0.3 is 10.6 Å². The molecule has 0 unspecified atom stereocenters. The molecule has 120 valence electrons. The fraction of sp³-hybridized carbons (Fsp3) is 0.267. The summed E-state index contributed by atoms with van der Waals surface area (Å²) in [5.74, 6) is 0.557. The number of rotatable bonds is 5. The van der Waals surface area contributed by atoms with Crippen LogP contribution in [0.5, 0.6) is 0 Å². The molecule has 0 bridgehead atoms. The number of thiophene rings is 1. The minimum absolute atomic E-state index is 0. The van der Waals surface area contributed by atoms with Crippen LogP contribution < -0.4 is 10.6 Å². The summed E-state index contributed by atoms with van der Waals surface area (Å²) >= 11 is 5.12. The van der Waals surface area contributed by atoms with Crippen LogP contribution in [-0.2, 0) is 13.0 Å². The van der Waals surface area contributed by atoms with E-state index in [2.05, 4.69) is 37.6 Å². The summed E-state index contributed by atoms with van der Waals surface area (Å²) in [5.41, 5.74) is 0.711. The first-order valence-electron chi connectivity index (χ1n) is 6.61. The van der Waals surface area contributed by atoms with Crippen LogP contribution in [0.25, 0.3) is 0 Å². The van der Waals surface area contributed by atoms with Crippen molar-refractivity contribution in [3.8, 4) is 0 Å². The molecule has 0 fully saturated rings. The maximum Gasteiger partial charge on any atom is 0.191 e. The van der Waals surface area contributed by atoms with Crippen molar-refractivity contribution in [2.24, 2.45) is 4.99 Å². The van der Waals surface area contributed by atoms with Gasteiger partial charge in [-0.3, -0.25) is 4.99 Å². The second kappa shape index (κ2) is 10.2. The van der Waals surface area contributed by atoms with Crippen LogP contribution in [0.3, 0.4) is 0 Å². The first kappa shape index (κ1) is 19.4. The van der Waals surface area contributed by atoms with E-state index in [0.717, 1.165) is 16.3 Å². The molecule has 7 heteroatoms. The molecule has 2 N–H and O–H groups in total. The zero-order chi connectivity index (χ0) is 15.1. The Bertz CT molecular complexity index is 618. The van der Waals surface area contributed by atoms with Crippen molar-refractivity contribution in [1.82, 2.24) is 10.6 Å². The second-order valence-electron chi connectivity index (χ2n) is 4.40. The Morgan fingerprint density at radius 2 is 2.00 bits per heavy atom. The van der Waals surface area contributed by atoms with Crippen molar-refractivity contribution < 1.29 is 4.39 Å². The quantitative estimate of drug-likeness (QED) is 0.369. The molecule has 22 heavy (non-hydrogen) atoms. The van der Waals surface area contributed by atoms with Gasteiger partial charge in [0.05, 0.1) is 10.3 Å². The third-order valence-corrected chi connectivity index (χ3v) is 4.55. The highest BCUT2D eigenvalue weighted by Gasteiger charge is 2.03. The Morgan fingerprint density at radius 1 is 1.23 bits per heavy atom. The highest BCUT2D eigenvalue weighted by atomic mass is 127. The zero-order valence-electron chi connectivity index (χ0n) is 12.1. The second-order valence-corrected chi connectivity index (χ2v) is 6.95. The lowest BCUT2D eigenvalue weighted by atomic mass is 10.1. The van der Waals surface area contributed by atoms with Crippen LogP contribution >= 0.6 is 51.2 Å². The van der Waals surface area contributed by atoms with Gasteiger partial charge in [-0.2, -0.15) is 0 Å². The summed E-state index contributed by atoms with van der Waals surface area (Å²) in [4.78, 5) is 5.38. The van der Waals surface area contributed by atoms with Gasteiger partial charge >= 0.3 is 0 Å². The molecule has 0 radical (unpaired) electrons. The number of halogens is 3. The smallest absolute Gasteiger partial charge is 0.191 e. The van der Waals surface area contributed by atoms with E-state index in [1.807, 2.05) is 12.1 Å². The van der Waals surface area contributed by atoms with Crippen LogP contribution in [0.4, 0.5) is 4.39 Å². The van der Waals surface area contributed by atoms with Crippen molar-refractivity contribution in [2.45, 2.75) is 13.0 Å². The van der Waals surface area contributed by atoms with Gasteiger partial charge in [-0.15, -0.1) is 35.3 Å². The number of hydrogen-bond acceptors (Lipinski definition) is 2. The molecule has 0 amide bonds. The normalized spacial score (nSPS) is 11.0. The van der Waals surface area contributed by atoms with Gasteiger partial charge in [0, 0.05) is 18.5 Å². The van der Waals surface area contributed by atoms with Gasteiger partial charge in [0.1, 0.15) is 5.82 Å². The summed E-state index contributed by atoms with van der Waals surface area (Å²) in [6.45, 7) is 1.35. The van der Waals surface area contributed by atoms with Crippen molar-refractivity contribution in [2.75, 3.05) is 13.6 Å². The fourth-order valence-electron chi connectivity index (χ4n) is 1.85. The predicted molar refractivity (Wildman–Crippen MR) is 106 cm³/mol. The fourth-order valence-corrected chi connectivity index (χ4v) is 3.28. The van der Waals surface area contributed by atoms with E-state index in [0.29, 0.717) is 18.5 Å². The minimum atomic E-state index is -0.161. The van der Waals surface area contributed by atoms with E-state index in [4.69, 9.17) is 0 Å². The summed E-state index contributed by atoms with van der Waals surface area (Å²) in [6, 6.07) is 10.9. The summed E-state index contributed by atoms with van der Waals surface area (Å²) in [5, 5.41) is 6.42. The molecule has 1 aromatic carbocycles. The Hall–Kier alpha value is -0.670. The third kappa shape index (κ3) is 6.21. The van der Waals surface area contributed by atoms with E-state index < -0.39 is 0 Å². The first-order chi connectivity index (χ1) is 10.2. The minimum Gasteiger partial charge on any atom is -0.356 e. The SMILES string of the molecule is CN=C(NCCc1ccccc1F)NCc1ccc(Br)s1.I. The molecule has 1 heterocycles. The van der Waals surface area contributed by atoms with Gasteiger partial charge in [-0.25, -0.2) is 4.39 Å². The molecule has 3 nitrogen and oxygen atoms in total. The lowest BCUT2D eigenvalue weighted by Gasteiger charge is -2.11. The van der Waals surface area contributed by atoms with Crippen LogP contribution in [-0.4, -0.2) is 19.6 Å². The van der Waals surface area contributed by atoms with E-state index in [9.17, 15) is 4.39 Å². The molecule has 0 spiro atoms. The van der Waals surface area contributed by atoms with E-state index in [1.165, 1.54) is 10.9 Å². The van der Waals surface area contributed by atoms with Crippen molar-refractivity contribution in [3.63, 3.8) is 0 Å². The highest BCUT2D eigenvalue weighted by molar-refractivity contribution is 14.0. The van der Waals surface area contributed by atoms with E-state index in [-0.39, 0.29) is 29.8 Å². The monoisotopic (exact) mass is 497 g/mol. The van der Waals surface area contributed by atoms with Crippen molar-refractivity contribution in [3.05, 3.63) is 56.4 Å². The Morgan fingerprint density at radius 3 is 2.64 bits per heavy atom. The molecule has 0 saturated heterocycles. The molecular formula is C15H18BrFIN3S. The van der Waals surface area contributed by atoms with E-state index >= 15 is 0 Å². The molecule has 0 atom stereocenters. The van der Waals surface area contributed by atoms with Gasteiger partial charge in [-0.1, -0.05) is 18.2 Å². The molecule has 0 aliphatic rings. The Balaban J connectivity index is 0.00000242. The largest absolute Gasteiger partial charge is 0.356 e. The lowest BCUT2D eigenvalue weighted by molar-refractivity contribution is 0.607. The predicted octanol–water partition coefficient (Wildman–Crippen LogP) is 4.18. The van der Waals surface area contributed by atoms with Crippen LogP contribution in [0.2, 0.25) is 0 Å². The standard InChI is InChI=1S/C15H17BrFN3S.HI/c1-18-15(20-10-12-6-7-14(16)21-12)19-9-8-11-4-2-3-5-13(11)17;/h2-7H,8-10H2,1H3,(H2,18,19,20);1H. The lowest BCUT2D eigenvalue weighted by Crippen LogP contribution is -2.37. The summed E-state index contributed by atoms with van der Waals surface area (Å²) in [7, 11) is 1.72. The highest BCUT2D eigenvalue weighted by Crippen LogP contribution is 2.21. The summed E-state index contributed by atoms with van der Waals surface area (Å²) < 4.78 is 14.6. The molecule has 0 saturated carbocycles. The van der Waals surface area contributed by atoms with E-state index in [1.54, 1.807) is 30.5 Å². The van der Waals surface area contributed by atoms with Gasteiger partial charge in [0.25, 0.3) is 0 Å². The van der Waals surface area contributed by atoms with Gasteiger partial charge in [-0.05, 0) is 46.1 Å². The molecular weight excluding hydrogens is 480 g/mol. The van der Waals surface area contributed by atoms with Crippen molar-refractivity contribution in [1.29, 1.82) is 0 Å². The number of aliphatic imine (C=N–C) groups is 1. The average molecular weight is 498 g/mol. The number of hydrogen-bond donors (Lipinski definition) is 2. The number of nitrogens with one attached hydrogen (secondary N) is 2. The zero-order valence-corrected chi connectivity index (χ0v) is 16.8. The molecule has 1 aromatic heterocycles. The number of nitrogens with zero attached hydrogens (tertiary/aromatic N) is 1. The topological polar surface area (TPSA) is 36.4 Å². The first-order valence-corrected chi connectivity index (χ1v) is 8.22. The summed E-state index contributed by atoms with van der Waals surface area (Å²) in [6.07, 6.45) is 0.623. The average Bonchev–Trinajstić information content (AvgIpc) is 2.90.